The van der Waals surface area contributed by atoms with Crippen molar-refractivity contribution in [3.63, 3.8) is 0 Å². The number of ether oxygens (including phenoxy) is 2. The van der Waals surface area contributed by atoms with E-state index in [2.05, 4.69) is 5.32 Å². The first kappa shape index (κ1) is 24.6. The van der Waals surface area contributed by atoms with E-state index in [-0.39, 0.29) is 18.5 Å². The van der Waals surface area contributed by atoms with Gasteiger partial charge in [0, 0.05) is 6.54 Å². The van der Waals surface area contributed by atoms with Crippen molar-refractivity contribution >= 4 is 8.03 Å². The molecule has 4 N–H and O–H groups in total. The van der Waals surface area contributed by atoms with Gasteiger partial charge in [-0.1, -0.05) is 37.5 Å². The third kappa shape index (κ3) is 6.97. The molecule has 3 unspecified atom stereocenters. The highest BCUT2D eigenvalue weighted by molar-refractivity contribution is 7.40. The van der Waals surface area contributed by atoms with Crippen LogP contribution in [0, 0.1) is 0 Å². The Hall–Kier alpha value is -2.05. The van der Waals surface area contributed by atoms with Gasteiger partial charge in [-0.3, -0.25) is 4.57 Å². The predicted octanol–water partition coefficient (Wildman–Crippen LogP) is 3.73. The number of hydrogen-bond acceptors (Lipinski definition) is 6. The van der Waals surface area contributed by atoms with Gasteiger partial charge in [-0.2, -0.15) is 0 Å². The second-order valence-electron chi connectivity index (χ2n) is 8.39. The van der Waals surface area contributed by atoms with Crippen molar-refractivity contribution in [2.45, 2.75) is 55.9 Å². The number of benzene rings is 2. The topological polar surface area (TPSA) is 108 Å². The summed E-state index contributed by atoms with van der Waals surface area (Å²) in [5.74, 6) is 1.44. The Balaban J connectivity index is 1.52. The summed E-state index contributed by atoms with van der Waals surface area (Å²) in [6.07, 6.45) is 3.83. The first-order chi connectivity index (χ1) is 15.5. The molecule has 0 saturated heterocycles. The molecule has 0 radical (unpaired) electrons. The molecule has 1 aliphatic rings. The molecule has 1 saturated carbocycles. The first-order valence-corrected chi connectivity index (χ1v) is 12.6. The van der Waals surface area contributed by atoms with Crippen LogP contribution in [0.25, 0.3) is 0 Å². The van der Waals surface area contributed by atoms with Crippen molar-refractivity contribution in [3.05, 3.63) is 54.6 Å². The van der Waals surface area contributed by atoms with E-state index in [1.807, 2.05) is 30.3 Å². The van der Waals surface area contributed by atoms with E-state index in [0.717, 1.165) is 19.3 Å². The van der Waals surface area contributed by atoms with E-state index in [0.29, 0.717) is 43.9 Å². The maximum atomic E-state index is 12.5. The van der Waals surface area contributed by atoms with Gasteiger partial charge >= 0.3 is 0 Å². The quantitative estimate of drug-likeness (QED) is 0.281. The molecule has 3 atom stereocenters. The molecular weight excluding hydrogens is 429 g/mol. The minimum absolute atomic E-state index is 0.121. The lowest BCUT2D eigenvalue weighted by atomic mass is 9.82. The zero-order chi connectivity index (χ0) is 22.8. The van der Waals surface area contributed by atoms with Crippen LogP contribution in [0.1, 0.15) is 38.5 Å². The van der Waals surface area contributed by atoms with Gasteiger partial charge < -0.3 is 29.9 Å². The van der Waals surface area contributed by atoms with E-state index < -0.39 is 19.3 Å². The standard InChI is InChI=1S/C24H34NO6P/c26-19-9-11-21(12-10-19)30-18-20(27)17-25-16-13-23(31-22-7-3-1-4-8-22)24(32(28)29)14-5-2-6-15-24/h1,3-4,7-12,20,23,25-27,32H,2,5-6,13-18H2,(H,28,29). The van der Waals surface area contributed by atoms with Crippen LogP contribution >= 0.6 is 8.03 Å². The predicted molar refractivity (Wildman–Crippen MR) is 125 cm³/mol. The zero-order valence-corrected chi connectivity index (χ0v) is 19.3. The number of phenols is 1. The van der Waals surface area contributed by atoms with E-state index in [1.54, 1.807) is 12.1 Å². The number of aliphatic hydroxyl groups excluding tert-OH is 1. The minimum atomic E-state index is -2.80. The summed E-state index contributed by atoms with van der Waals surface area (Å²) in [6, 6.07) is 15.8. The molecule has 3 rings (SSSR count). The molecule has 2 aromatic carbocycles. The van der Waals surface area contributed by atoms with Crippen molar-refractivity contribution in [1.29, 1.82) is 0 Å². The molecule has 32 heavy (non-hydrogen) atoms. The highest BCUT2D eigenvalue weighted by Gasteiger charge is 2.45. The van der Waals surface area contributed by atoms with Crippen molar-refractivity contribution in [2.24, 2.45) is 0 Å². The summed E-state index contributed by atoms with van der Waals surface area (Å²) in [6.45, 7) is 0.998. The lowest BCUT2D eigenvalue weighted by Crippen LogP contribution is -2.46. The summed E-state index contributed by atoms with van der Waals surface area (Å²) in [5.41, 5.74) is 0. The zero-order valence-electron chi connectivity index (χ0n) is 18.3. The van der Waals surface area contributed by atoms with Gasteiger partial charge in [0.15, 0.2) is 8.03 Å². The summed E-state index contributed by atoms with van der Waals surface area (Å²) < 4.78 is 24.3. The number of aromatic hydroxyl groups is 1. The van der Waals surface area contributed by atoms with Crippen LogP contribution < -0.4 is 14.8 Å². The van der Waals surface area contributed by atoms with Gasteiger partial charge in [-0.05, 0) is 62.2 Å². The van der Waals surface area contributed by atoms with Crippen molar-refractivity contribution in [2.75, 3.05) is 19.7 Å². The lowest BCUT2D eigenvalue weighted by Gasteiger charge is -2.41. The molecule has 0 aliphatic heterocycles. The number of phenolic OH excluding ortho intramolecular Hbond substituents is 1. The van der Waals surface area contributed by atoms with Crippen LogP contribution in [0.4, 0.5) is 0 Å². The molecule has 1 aliphatic carbocycles. The van der Waals surface area contributed by atoms with Crippen LogP contribution in [-0.4, -0.2) is 52.2 Å². The minimum Gasteiger partial charge on any atom is -0.508 e. The molecule has 0 spiro atoms. The van der Waals surface area contributed by atoms with Crippen LogP contribution in [0.5, 0.6) is 17.2 Å². The molecule has 7 nitrogen and oxygen atoms in total. The number of nitrogens with one attached hydrogen (secondary N) is 1. The Morgan fingerprint density at radius 3 is 2.34 bits per heavy atom. The molecule has 0 bridgehead atoms. The highest BCUT2D eigenvalue weighted by atomic mass is 31.1. The average molecular weight is 464 g/mol. The summed E-state index contributed by atoms with van der Waals surface area (Å²) in [4.78, 5) is 10.3. The normalized spacial score (nSPS) is 18.4. The van der Waals surface area contributed by atoms with Gasteiger partial charge in [0.05, 0.1) is 5.16 Å². The fraction of sp³-hybridized carbons (Fsp3) is 0.500. The fourth-order valence-electron chi connectivity index (χ4n) is 4.26. The monoisotopic (exact) mass is 463 g/mol. The summed E-state index contributed by atoms with van der Waals surface area (Å²) >= 11 is 0. The van der Waals surface area contributed by atoms with E-state index in [9.17, 15) is 19.7 Å². The number of rotatable bonds is 12. The van der Waals surface area contributed by atoms with Gasteiger partial charge in [-0.25, -0.2) is 0 Å². The fourth-order valence-corrected chi connectivity index (χ4v) is 5.52. The number of hydrogen-bond donors (Lipinski definition) is 4. The van der Waals surface area contributed by atoms with E-state index in [1.165, 1.54) is 12.1 Å². The van der Waals surface area contributed by atoms with Crippen molar-refractivity contribution < 1.29 is 29.1 Å². The second kappa shape index (κ2) is 12.3. The Morgan fingerprint density at radius 2 is 1.69 bits per heavy atom. The Bertz CT molecular complexity index is 826. The smallest absolute Gasteiger partial charge is 0.198 e. The molecular formula is C24H34NO6P. The maximum absolute atomic E-state index is 12.5. The Labute approximate surface area is 190 Å². The van der Waals surface area contributed by atoms with Gasteiger partial charge in [0.2, 0.25) is 0 Å². The lowest BCUT2D eigenvalue weighted by molar-refractivity contribution is 0.0968. The molecule has 8 heteroatoms. The van der Waals surface area contributed by atoms with Crippen LogP contribution in [0.3, 0.4) is 0 Å². The van der Waals surface area contributed by atoms with Gasteiger partial charge in [0.1, 0.15) is 36.1 Å². The van der Waals surface area contributed by atoms with Gasteiger partial charge in [0.25, 0.3) is 0 Å². The average Bonchev–Trinajstić information content (AvgIpc) is 2.81. The number of aliphatic hydroxyl groups is 1. The SMILES string of the molecule is O=[PH](O)C1(C(CCNCC(O)COc2ccc(O)cc2)Oc2ccccc2)CCCCC1. The molecule has 0 aromatic heterocycles. The first-order valence-electron chi connectivity index (χ1n) is 11.3. The molecule has 0 amide bonds. The van der Waals surface area contributed by atoms with Crippen LogP contribution in [0.2, 0.25) is 0 Å². The summed E-state index contributed by atoms with van der Waals surface area (Å²) in [7, 11) is -2.80. The largest absolute Gasteiger partial charge is 0.508 e. The van der Waals surface area contributed by atoms with Crippen molar-refractivity contribution in [3.8, 4) is 17.2 Å². The van der Waals surface area contributed by atoms with Gasteiger partial charge in [-0.15, -0.1) is 0 Å². The Kier molecular flexibility index (Phi) is 9.42. The molecule has 1 fully saturated rings. The van der Waals surface area contributed by atoms with Crippen LogP contribution in [-0.2, 0) is 4.57 Å². The Morgan fingerprint density at radius 1 is 1.00 bits per heavy atom. The second-order valence-corrected chi connectivity index (χ2v) is 10.00. The molecule has 2 aromatic rings. The third-order valence-electron chi connectivity index (χ3n) is 6.05. The highest BCUT2D eigenvalue weighted by Crippen LogP contribution is 2.50. The third-order valence-corrected chi connectivity index (χ3v) is 7.73. The maximum Gasteiger partial charge on any atom is 0.198 e. The summed E-state index contributed by atoms with van der Waals surface area (Å²) in [5, 5.41) is 22.0. The van der Waals surface area contributed by atoms with E-state index >= 15 is 0 Å². The van der Waals surface area contributed by atoms with Crippen molar-refractivity contribution in [1.82, 2.24) is 5.32 Å². The van der Waals surface area contributed by atoms with Crippen LogP contribution in [0.15, 0.2) is 54.6 Å². The molecule has 0 heterocycles. The van der Waals surface area contributed by atoms with E-state index in [4.69, 9.17) is 9.47 Å². The number of para-hydroxylation sites is 1. The molecule has 176 valence electrons.